The number of aryl methyl sites for hydroxylation is 3. The molecule has 2 rings (SSSR count). The molecule has 0 aliphatic carbocycles. The summed E-state index contributed by atoms with van der Waals surface area (Å²) in [5.41, 5.74) is 11.1. The molecule has 0 radical (unpaired) electrons. The Labute approximate surface area is 107 Å². The molecule has 0 bridgehead atoms. The van der Waals surface area contributed by atoms with Crippen LogP contribution in [-0.2, 0) is 6.42 Å². The van der Waals surface area contributed by atoms with Crippen molar-refractivity contribution in [1.82, 2.24) is 4.98 Å². The minimum atomic E-state index is 0.000417. The number of rotatable bonds is 3. The Bertz CT molecular complexity index is 517. The maximum atomic E-state index is 6.20. The number of hydrogen-bond acceptors (Lipinski definition) is 3. The van der Waals surface area contributed by atoms with Gasteiger partial charge in [-0.25, -0.2) is 4.98 Å². The lowest BCUT2D eigenvalue weighted by Crippen LogP contribution is -2.14. The first-order valence-electron chi connectivity index (χ1n) is 5.80. The summed E-state index contributed by atoms with van der Waals surface area (Å²) in [4.78, 5) is 4.45. The van der Waals surface area contributed by atoms with E-state index in [1.54, 1.807) is 11.3 Å². The Hall–Kier alpha value is -1.19. The van der Waals surface area contributed by atoms with E-state index in [-0.39, 0.29) is 6.04 Å². The molecule has 1 heterocycles. The highest BCUT2D eigenvalue weighted by Crippen LogP contribution is 2.20. The van der Waals surface area contributed by atoms with Gasteiger partial charge in [-0.05, 0) is 38.3 Å². The number of aromatic nitrogens is 1. The van der Waals surface area contributed by atoms with Crippen molar-refractivity contribution < 1.29 is 0 Å². The zero-order chi connectivity index (χ0) is 12.4. The van der Waals surface area contributed by atoms with Crippen LogP contribution in [0.25, 0.3) is 0 Å². The lowest BCUT2D eigenvalue weighted by Gasteiger charge is -2.12. The van der Waals surface area contributed by atoms with Crippen LogP contribution in [-0.4, -0.2) is 4.98 Å². The first-order valence-corrected chi connectivity index (χ1v) is 6.68. The fourth-order valence-electron chi connectivity index (χ4n) is 1.91. The van der Waals surface area contributed by atoms with Gasteiger partial charge < -0.3 is 5.73 Å². The summed E-state index contributed by atoms with van der Waals surface area (Å²) in [6, 6.07) is 6.51. The summed E-state index contributed by atoms with van der Waals surface area (Å²) in [6.07, 6.45) is 0.858. The van der Waals surface area contributed by atoms with Gasteiger partial charge in [0.25, 0.3) is 0 Å². The highest BCUT2D eigenvalue weighted by Gasteiger charge is 2.11. The van der Waals surface area contributed by atoms with Crippen molar-refractivity contribution in [2.75, 3.05) is 0 Å². The lowest BCUT2D eigenvalue weighted by molar-refractivity contribution is 0.697. The van der Waals surface area contributed by atoms with Gasteiger partial charge >= 0.3 is 0 Å². The van der Waals surface area contributed by atoms with Gasteiger partial charge in [0.1, 0.15) is 0 Å². The van der Waals surface area contributed by atoms with Crippen LogP contribution in [0.5, 0.6) is 0 Å². The second-order valence-electron chi connectivity index (χ2n) is 4.53. The predicted molar refractivity (Wildman–Crippen MR) is 73.4 cm³/mol. The molecule has 1 aromatic carbocycles. The fraction of sp³-hybridized carbons (Fsp3) is 0.357. The third-order valence-electron chi connectivity index (χ3n) is 2.96. The SMILES string of the molecule is Cc1ccc(C)c(CC(N)c2csc(C)n2)c1. The van der Waals surface area contributed by atoms with Crippen LogP contribution in [0.2, 0.25) is 0 Å². The van der Waals surface area contributed by atoms with Crippen LogP contribution < -0.4 is 5.73 Å². The van der Waals surface area contributed by atoms with E-state index in [0.29, 0.717) is 0 Å². The largest absolute Gasteiger partial charge is 0.322 e. The van der Waals surface area contributed by atoms with Gasteiger partial charge in [-0.1, -0.05) is 23.8 Å². The quantitative estimate of drug-likeness (QED) is 0.902. The lowest BCUT2D eigenvalue weighted by atomic mass is 9.98. The second kappa shape index (κ2) is 4.98. The zero-order valence-corrected chi connectivity index (χ0v) is 11.3. The summed E-state index contributed by atoms with van der Waals surface area (Å²) in [5.74, 6) is 0. The summed E-state index contributed by atoms with van der Waals surface area (Å²) >= 11 is 1.66. The molecule has 0 amide bonds. The van der Waals surface area contributed by atoms with Crippen molar-refractivity contribution in [3.05, 3.63) is 51.0 Å². The first kappa shape index (κ1) is 12.3. The molecule has 90 valence electrons. The van der Waals surface area contributed by atoms with Gasteiger partial charge in [0.05, 0.1) is 16.7 Å². The van der Waals surface area contributed by atoms with Crippen molar-refractivity contribution in [3.8, 4) is 0 Å². The van der Waals surface area contributed by atoms with Crippen LogP contribution in [0.15, 0.2) is 23.6 Å². The summed E-state index contributed by atoms with van der Waals surface area (Å²) in [7, 11) is 0. The van der Waals surface area contributed by atoms with Crippen molar-refractivity contribution in [2.24, 2.45) is 5.73 Å². The number of nitrogens with two attached hydrogens (primary N) is 1. The number of benzene rings is 1. The monoisotopic (exact) mass is 246 g/mol. The normalized spacial score (nSPS) is 12.7. The maximum absolute atomic E-state index is 6.20. The predicted octanol–water partition coefficient (Wildman–Crippen LogP) is 3.31. The minimum absolute atomic E-state index is 0.000417. The fourth-order valence-corrected chi connectivity index (χ4v) is 2.59. The second-order valence-corrected chi connectivity index (χ2v) is 5.59. The van der Waals surface area contributed by atoms with E-state index >= 15 is 0 Å². The van der Waals surface area contributed by atoms with E-state index < -0.39 is 0 Å². The van der Waals surface area contributed by atoms with Crippen LogP contribution in [0.1, 0.15) is 33.4 Å². The number of thiazole rings is 1. The van der Waals surface area contributed by atoms with Crippen molar-refractivity contribution in [1.29, 1.82) is 0 Å². The van der Waals surface area contributed by atoms with Crippen LogP contribution in [0.3, 0.4) is 0 Å². The molecule has 0 aliphatic heterocycles. The van der Waals surface area contributed by atoms with Gasteiger partial charge in [0.15, 0.2) is 0 Å². The van der Waals surface area contributed by atoms with Gasteiger partial charge in [-0.15, -0.1) is 11.3 Å². The zero-order valence-electron chi connectivity index (χ0n) is 10.5. The molecule has 0 aliphatic rings. The average molecular weight is 246 g/mol. The Morgan fingerprint density at radius 1 is 1.29 bits per heavy atom. The molecular weight excluding hydrogens is 228 g/mol. The standard InChI is InChI=1S/C14H18N2S/c1-9-4-5-10(2)12(6-9)7-13(15)14-8-17-11(3)16-14/h4-6,8,13H,7,15H2,1-3H3. The Kier molecular flexibility index (Phi) is 3.60. The van der Waals surface area contributed by atoms with E-state index in [0.717, 1.165) is 17.1 Å². The smallest absolute Gasteiger partial charge is 0.0898 e. The molecular formula is C14H18N2S. The molecule has 0 fully saturated rings. The third-order valence-corrected chi connectivity index (χ3v) is 3.75. The van der Waals surface area contributed by atoms with Crippen molar-refractivity contribution in [3.63, 3.8) is 0 Å². The molecule has 1 unspecified atom stereocenters. The van der Waals surface area contributed by atoms with Crippen molar-refractivity contribution >= 4 is 11.3 Å². The molecule has 0 saturated carbocycles. The Balaban J connectivity index is 2.18. The highest BCUT2D eigenvalue weighted by atomic mass is 32.1. The van der Waals surface area contributed by atoms with E-state index in [4.69, 9.17) is 5.73 Å². The van der Waals surface area contributed by atoms with E-state index in [1.807, 2.05) is 6.92 Å². The Morgan fingerprint density at radius 3 is 2.71 bits per heavy atom. The first-order chi connectivity index (χ1) is 8.06. The molecule has 2 N–H and O–H groups in total. The summed E-state index contributed by atoms with van der Waals surface area (Å²) < 4.78 is 0. The molecule has 1 atom stereocenters. The summed E-state index contributed by atoms with van der Waals surface area (Å²) in [5, 5.41) is 3.14. The van der Waals surface area contributed by atoms with Gasteiger partial charge in [-0.2, -0.15) is 0 Å². The maximum Gasteiger partial charge on any atom is 0.0898 e. The average Bonchev–Trinajstić information content (AvgIpc) is 2.70. The molecule has 2 nitrogen and oxygen atoms in total. The van der Waals surface area contributed by atoms with Gasteiger partial charge in [0.2, 0.25) is 0 Å². The summed E-state index contributed by atoms with van der Waals surface area (Å²) in [6.45, 7) is 6.26. The topological polar surface area (TPSA) is 38.9 Å². The van der Waals surface area contributed by atoms with E-state index in [1.165, 1.54) is 16.7 Å². The minimum Gasteiger partial charge on any atom is -0.322 e. The number of hydrogen-bond donors (Lipinski definition) is 1. The van der Waals surface area contributed by atoms with E-state index in [9.17, 15) is 0 Å². The molecule has 3 heteroatoms. The van der Waals surface area contributed by atoms with Crippen LogP contribution in [0.4, 0.5) is 0 Å². The van der Waals surface area contributed by atoms with Crippen LogP contribution >= 0.6 is 11.3 Å². The molecule has 0 spiro atoms. The molecule has 1 aromatic heterocycles. The van der Waals surface area contributed by atoms with Gasteiger partial charge in [0, 0.05) is 5.38 Å². The van der Waals surface area contributed by atoms with Gasteiger partial charge in [-0.3, -0.25) is 0 Å². The van der Waals surface area contributed by atoms with E-state index in [2.05, 4.69) is 42.4 Å². The Morgan fingerprint density at radius 2 is 2.06 bits per heavy atom. The number of nitrogens with zero attached hydrogens (tertiary/aromatic N) is 1. The molecule has 2 aromatic rings. The van der Waals surface area contributed by atoms with Crippen molar-refractivity contribution in [2.45, 2.75) is 33.2 Å². The van der Waals surface area contributed by atoms with Crippen LogP contribution in [0, 0.1) is 20.8 Å². The molecule has 0 saturated heterocycles. The molecule has 17 heavy (non-hydrogen) atoms. The highest BCUT2D eigenvalue weighted by molar-refractivity contribution is 7.09. The third kappa shape index (κ3) is 2.93.